The molecular weight excluding hydrogens is 709 g/mol. The number of hydrogen-bond acceptors (Lipinski definition) is 4. The highest BCUT2D eigenvalue weighted by atomic mass is 15.0. The number of rotatable bonds is 9. The van der Waals surface area contributed by atoms with Crippen molar-refractivity contribution in [3.8, 4) is 56.4 Å². The lowest BCUT2D eigenvalue weighted by Gasteiger charge is -2.11. The molecular formula is C52H44N6. The average molecular weight is 753 g/mol. The van der Waals surface area contributed by atoms with Crippen molar-refractivity contribution in [1.29, 1.82) is 0 Å². The predicted molar refractivity (Wildman–Crippen MR) is 240 cm³/mol. The van der Waals surface area contributed by atoms with E-state index in [2.05, 4.69) is 161 Å². The van der Waals surface area contributed by atoms with Gasteiger partial charge < -0.3 is 5.73 Å². The van der Waals surface area contributed by atoms with E-state index in [0.717, 1.165) is 55.6 Å². The summed E-state index contributed by atoms with van der Waals surface area (Å²) in [6.07, 6.45) is 0. The van der Waals surface area contributed by atoms with Crippen LogP contribution in [0.25, 0.3) is 56.4 Å². The van der Waals surface area contributed by atoms with Gasteiger partial charge in [-0.25, -0.2) is 19.9 Å². The maximum absolute atomic E-state index is 6.52. The van der Waals surface area contributed by atoms with Gasteiger partial charge in [-0.05, 0) is 73.7 Å². The van der Waals surface area contributed by atoms with Gasteiger partial charge in [-0.2, -0.15) is 0 Å². The van der Waals surface area contributed by atoms with Crippen LogP contribution in [0.5, 0.6) is 0 Å². The van der Waals surface area contributed by atoms with Gasteiger partial charge in [-0.1, -0.05) is 174 Å². The maximum Gasteiger partial charge on any atom is 0.164 e. The number of aliphatic imine (C=N–C) groups is 2. The lowest BCUT2D eigenvalue weighted by Crippen LogP contribution is -2.16. The number of aryl methyl sites for hydroxylation is 4. The minimum atomic E-state index is 0.433. The van der Waals surface area contributed by atoms with E-state index in [-0.39, 0.29) is 0 Å². The highest BCUT2D eigenvalue weighted by molar-refractivity contribution is 6.11. The van der Waals surface area contributed by atoms with Crippen LogP contribution in [0.4, 0.5) is 0 Å². The van der Waals surface area contributed by atoms with E-state index in [4.69, 9.17) is 30.7 Å². The number of amidine groups is 2. The molecule has 58 heavy (non-hydrogen) atoms. The number of nitrogens with zero attached hydrogens (tertiary/aromatic N) is 5. The minimum absolute atomic E-state index is 0.433. The van der Waals surface area contributed by atoms with Crippen LogP contribution in [0.15, 0.2) is 180 Å². The van der Waals surface area contributed by atoms with Crippen LogP contribution in [-0.4, -0.2) is 26.6 Å². The molecule has 6 nitrogen and oxygen atoms in total. The molecule has 0 aliphatic heterocycles. The van der Waals surface area contributed by atoms with Gasteiger partial charge in [-0.15, -0.1) is 0 Å². The first-order chi connectivity index (χ1) is 28.2. The van der Waals surface area contributed by atoms with Crippen molar-refractivity contribution in [2.45, 2.75) is 34.2 Å². The second kappa shape index (κ2) is 16.8. The lowest BCUT2D eigenvalue weighted by molar-refractivity contribution is 1.06. The smallest absolute Gasteiger partial charge is 0.164 e. The zero-order chi connectivity index (χ0) is 40.0. The Balaban J connectivity index is 1.09. The van der Waals surface area contributed by atoms with Gasteiger partial charge in [0, 0.05) is 27.8 Å². The van der Waals surface area contributed by atoms with Crippen molar-refractivity contribution in [1.82, 2.24) is 15.0 Å². The SMILES string of the molecule is Cc1ccc(C(N)=NC(=NCc2cccc(-c3cccc(-c4cccc(-c5nc(-c6ccc(C)cc6)nc(-c6ccc(C)cc6)n5)c4)c3)c2)c2ccc(C)cc2)cc1. The van der Waals surface area contributed by atoms with Gasteiger partial charge in [0.25, 0.3) is 0 Å². The number of nitrogens with two attached hydrogens (primary N) is 1. The molecule has 6 heteroatoms. The number of hydrogen-bond donors (Lipinski definition) is 1. The number of benzene rings is 7. The third-order valence-corrected chi connectivity index (χ3v) is 10.1. The Morgan fingerprint density at radius 3 is 1.29 bits per heavy atom. The van der Waals surface area contributed by atoms with E-state index in [1.54, 1.807) is 0 Å². The Morgan fingerprint density at radius 2 is 0.793 bits per heavy atom. The van der Waals surface area contributed by atoms with Crippen molar-refractivity contribution in [2.24, 2.45) is 15.7 Å². The molecule has 0 spiro atoms. The molecule has 0 aliphatic rings. The van der Waals surface area contributed by atoms with E-state index >= 15 is 0 Å². The summed E-state index contributed by atoms with van der Waals surface area (Å²) < 4.78 is 0. The van der Waals surface area contributed by atoms with Gasteiger partial charge in [0.2, 0.25) is 0 Å². The molecule has 0 aliphatic carbocycles. The zero-order valence-corrected chi connectivity index (χ0v) is 33.2. The first kappa shape index (κ1) is 37.6. The summed E-state index contributed by atoms with van der Waals surface area (Å²) in [5.41, 5.74) is 21.3. The van der Waals surface area contributed by atoms with E-state index in [1.807, 2.05) is 36.4 Å². The monoisotopic (exact) mass is 752 g/mol. The van der Waals surface area contributed by atoms with Crippen LogP contribution >= 0.6 is 0 Å². The highest BCUT2D eigenvalue weighted by Crippen LogP contribution is 2.31. The van der Waals surface area contributed by atoms with E-state index in [1.165, 1.54) is 22.3 Å². The molecule has 0 saturated heterocycles. The molecule has 0 atom stereocenters. The van der Waals surface area contributed by atoms with E-state index in [0.29, 0.717) is 35.7 Å². The Hall–Kier alpha value is -7.31. The molecule has 0 amide bonds. The Kier molecular flexibility index (Phi) is 10.9. The molecule has 0 bridgehead atoms. The van der Waals surface area contributed by atoms with E-state index < -0.39 is 0 Å². The van der Waals surface area contributed by atoms with Crippen LogP contribution in [0.3, 0.4) is 0 Å². The van der Waals surface area contributed by atoms with Crippen molar-refractivity contribution >= 4 is 11.7 Å². The summed E-state index contributed by atoms with van der Waals surface area (Å²) in [4.78, 5) is 24.7. The van der Waals surface area contributed by atoms with Crippen LogP contribution in [0, 0.1) is 27.7 Å². The predicted octanol–water partition coefficient (Wildman–Crippen LogP) is 11.8. The first-order valence-electron chi connectivity index (χ1n) is 19.5. The Morgan fingerprint density at radius 1 is 0.414 bits per heavy atom. The maximum atomic E-state index is 6.52. The van der Waals surface area contributed by atoms with Crippen molar-refractivity contribution in [3.05, 3.63) is 209 Å². The largest absolute Gasteiger partial charge is 0.383 e. The molecule has 7 aromatic carbocycles. The Labute approximate surface area is 340 Å². The fourth-order valence-electron chi connectivity index (χ4n) is 6.70. The summed E-state index contributed by atoms with van der Waals surface area (Å²) in [7, 11) is 0. The molecule has 0 fully saturated rings. The summed E-state index contributed by atoms with van der Waals surface area (Å²) in [6, 6.07) is 58.5. The molecule has 2 N–H and O–H groups in total. The topological polar surface area (TPSA) is 89.4 Å². The molecule has 8 aromatic rings. The normalized spacial score (nSPS) is 11.8. The van der Waals surface area contributed by atoms with Crippen LogP contribution in [0.2, 0.25) is 0 Å². The molecule has 0 unspecified atom stereocenters. The molecule has 0 saturated carbocycles. The van der Waals surface area contributed by atoms with Gasteiger partial charge in [0.05, 0.1) is 6.54 Å². The molecule has 1 aromatic heterocycles. The second-order valence-corrected chi connectivity index (χ2v) is 14.8. The fourth-order valence-corrected chi connectivity index (χ4v) is 6.70. The summed E-state index contributed by atoms with van der Waals surface area (Å²) >= 11 is 0. The third-order valence-electron chi connectivity index (χ3n) is 10.1. The van der Waals surface area contributed by atoms with Gasteiger partial charge in [-0.3, -0.25) is 4.99 Å². The molecule has 0 radical (unpaired) electrons. The van der Waals surface area contributed by atoms with Crippen molar-refractivity contribution < 1.29 is 0 Å². The second-order valence-electron chi connectivity index (χ2n) is 14.8. The van der Waals surface area contributed by atoms with Crippen molar-refractivity contribution in [2.75, 3.05) is 0 Å². The van der Waals surface area contributed by atoms with E-state index in [9.17, 15) is 0 Å². The first-order valence-corrected chi connectivity index (χ1v) is 19.5. The van der Waals surface area contributed by atoms with Crippen LogP contribution in [0.1, 0.15) is 38.9 Å². The van der Waals surface area contributed by atoms with Crippen molar-refractivity contribution in [3.63, 3.8) is 0 Å². The van der Waals surface area contributed by atoms with Crippen LogP contribution in [-0.2, 0) is 6.54 Å². The minimum Gasteiger partial charge on any atom is -0.383 e. The summed E-state index contributed by atoms with van der Waals surface area (Å²) in [6.45, 7) is 8.74. The zero-order valence-electron chi connectivity index (χ0n) is 33.2. The molecule has 8 rings (SSSR count). The fraction of sp³-hybridized carbons (Fsp3) is 0.0962. The molecule has 282 valence electrons. The Bertz CT molecular complexity index is 2700. The van der Waals surface area contributed by atoms with Gasteiger partial charge in [0.1, 0.15) is 5.84 Å². The lowest BCUT2D eigenvalue weighted by atomic mass is 9.97. The highest BCUT2D eigenvalue weighted by Gasteiger charge is 2.14. The molecule has 1 heterocycles. The third kappa shape index (κ3) is 8.88. The van der Waals surface area contributed by atoms with Gasteiger partial charge >= 0.3 is 0 Å². The quantitative estimate of drug-likeness (QED) is 0.117. The average Bonchev–Trinajstić information content (AvgIpc) is 3.26. The summed E-state index contributed by atoms with van der Waals surface area (Å²) in [5.74, 6) is 2.94. The van der Waals surface area contributed by atoms with Gasteiger partial charge in [0.15, 0.2) is 23.3 Å². The standard InChI is InChI=1S/C52H44N6/c1-34-14-22-39(23-15-34)48(53)55-49(40-24-16-35(2)17-25-40)54-33-38-8-5-9-43(30-38)44-10-6-11-45(31-44)46-12-7-13-47(32-46)52-57-50(41-26-18-36(3)19-27-41)56-51(58-52)42-28-20-37(4)21-29-42/h5-32H,33H2,1-4H3,(H2,53,54,55). The van der Waals surface area contributed by atoms with Crippen LogP contribution < -0.4 is 5.73 Å². The summed E-state index contributed by atoms with van der Waals surface area (Å²) in [5, 5.41) is 0. The number of aromatic nitrogens is 3.